The summed E-state index contributed by atoms with van der Waals surface area (Å²) in [5, 5.41) is 21.3. The van der Waals surface area contributed by atoms with E-state index in [1.54, 1.807) is 6.92 Å². The van der Waals surface area contributed by atoms with Crippen LogP contribution in [0.25, 0.3) is 0 Å². The molecule has 1 saturated carbocycles. The van der Waals surface area contributed by atoms with Crippen LogP contribution in [0, 0.1) is 11.3 Å². The molecule has 0 heterocycles. The molecule has 0 bridgehead atoms. The lowest BCUT2D eigenvalue weighted by Crippen LogP contribution is -2.52. The van der Waals surface area contributed by atoms with Crippen LogP contribution >= 0.6 is 0 Å². The molecule has 0 saturated heterocycles. The molecular weight excluding hydrogens is 324 g/mol. The van der Waals surface area contributed by atoms with Crippen molar-refractivity contribution in [1.29, 1.82) is 5.26 Å². The van der Waals surface area contributed by atoms with Gasteiger partial charge in [-0.15, -0.1) is 0 Å². The first-order valence-corrected chi connectivity index (χ1v) is 8.22. The van der Waals surface area contributed by atoms with Gasteiger partial charge < -0.3 is 19.9 Å². The summed E-state index contributed by atoms with van der Waals surface area (Å²) in [5.74, 6) is -0.964. The summed E-state index contributed by atoms with van der Waals surface area (Å²) in [6.45, 7) is 1.58. The molecule has 1 unspecified atom stereocenters. The molecule has 0 radical (unpaired) electrons. The molecule has 134 valence electrons. The summed E-state index contributed by atoms with van der Waals surface area (Å²) in [4.78, 5) is 23.4. The normalized spacial score (nSPS) is 17.0. The zero-order chi connectivity index (χ0) is 18.4. The highest BCUT2D eigenvalue weighted by Gasteiger charge is 2.35. The number of carboxylic acid groups (broad SMARTS) is 1. The van der Waals surface area contributed by atoms with Gasteiger partial charge in [0, 0.05) is 0 Å². The van der Waals surface area contributed by atoms with E-state index in [4.69, 9.17) is 14.6 Å². The van der Waals surface area contributed by atoms with Crippen LogP contribution in [0.5, 0.6) is 11.5 Å². The second-order valence-corrected chi connectivity index (χ2v) is 6.17. The van der Waals surface area contributed by atoms with Gasteiger partial charge in [0.05, 0.1) is 18.7 Å². The van der Waals surface area contributed by atoms with Gasteiger partial charge >= 0.3 is 5.97 Å². The summed E-state index contributed by atoms with van der Waals surface area (Å²) >= 11 is 0. The number of nitrogens with one attached hydrogen (secondary N) is 1. The molecule has 1 aliphatic carbocycles. The number of amides is 1. The predicted molar refractivity (Wildman–Crippen MR) is 89.6 cm³/mol. The third-order valence-corrected chi connectivity index (χ3v) is 4.37. The topological polar surface area (TPSA) is 109 Å². The number of hydrogen-bond acceptors (Lipinski definition) is 5. The Balaban J connectivity index is 2.08. The van der Waals surface area contributed by atoms with Crippen molar-refractivity contribution >= 4 is 11.9 Å². The minimum Gasteiger partial charge on any atom is -0.493 e. The number of aromatic carboxylic acids is 1. The molecule has 1 atom stereocenters. The summed E-state index contributed by atoms with van der Waals surface area (Å²) in [6.07, 6.45) is 3.31. The van der Waals surface area contributed by atoms with Crippen molar-refractivity contribution in [2.75, 3.05) is 7.11 Å². The number of methoxy groups -OCH3 is 1. The van der Waals surface area contributed by atoms with Gasteiger partial charge in [0.1, 0.15) is 5.54 Å². The number of carbonyl (C=O) groups excluding carboxylic acids is 1. The highest BCUT2D eigenvalue weighted by molar-refractivity contribution is 5.88. The highest BCUT2D eigenvalue weighted by atomic mass is 16.5. The van der Waals surface area contributed by atoms with E-state index in [2.05, 4.69) is 11.4 Å². The minimum atomic E-state index is -1.08. The van der Waals surface area contributed by atoms with Crippen molar-refractivity contribution in [3.63, 3.8) is 0 Å². The highest BCUT2D eigenvalue weighted by Crippen LogP contribution is 2.30. The number of hydrogen-bond donors (Lipinski definition) is 2. The van der Waals surface area contributed by atoms with E-state index in [-0.39, 0.29) is 23.0 Å². The fourth-order valence-electron chi connectivity index (χ4n) is 2.90. The molecular formula is C18H22N2O5. The Labute approximate surface area is 146 Å². The molecule has 2 rings (SSSR count). The summed E-state index contributed by atoms with van der Waals surface area (Å²) in [5.41, 5.74) is -0.767. The molecule has 1 aromatic carbocycles. The van der Waals surface area contributed by atoms with E-state index < -0.39 is 17.6 Å². The largest absolute Gasteiger partial charge is 0.493 e. The van der Waals surface area contributed by atoms with Gasteiger partial charge in [-0.1, -0.05) is 19.3 Å². The van der Waals surface area contributed by atoms with Gasteiger partial charge in [-0.2, -0.15) is 5.26 Å². The first kappa shape index (κ1) is 18.6. The van der Waals surface area contributed by atoms with Crippen molar-refractivity contribution in [3.05, 3.63) is 23.8 Å². The zero-order valence-electron chi connectivity index (χ0n) is 14.4. The maximum atomic E-state index is 12.4. The smallest absolute Gasteiger partial charge is 0.335 e. The van der Waals surface area contributed by atoms with Crippen molar-refractivity contribution in [2.45, 2.75) is 50.7 Å². The zero-order valence-corrected chi connectivity index (χ0v) is 14.4. The molecule has 1 fully saturated rings. The summed E-state index contributed by atoms with van der Waals surface area (Å²) < 4.78 is 10.8. The molecule has 1 aliphatic rings. The Hall–Kier alpha value is -2.75. The number of ether oxygens (including phenoxy) is 2. The average Bonchev–Trinajstić information content (AvgIpc) is 2.62. The fraction of sp³-hybridized carbons (Fsp3) is 0.500. The van der Waals surface area contributed by atoms with Crippen LogP contribution in [0.1, 0.15) is 49.4 Å². The van der Waals surface area contributed by atoms with Crippen molar-refractivity contribution in [1.82, 2.24) is 5.32 Å². The van der Waals surface area contributed by atoms with Crippen molar-refractivity contribution in [2.24, 2.45) is 0 Å². The molecule has 7 nitrogen and oxygen atoms in total. The lowest BCUT2D eigenvalue weighted by Gasteiger charge is -2.32. The van der Waals surface area contributed by atoms with Crippen molar-refractivity contribution in [3.8, 4) is 17.6 Å². The van der Waals surface area contributed by atoms with Crippen LogP contribution in [-0.4, -0.2) is 35.7 Å². The Morgan fingerprint density at radius 2 is 1.96 bits per heavy atom. The summed E-state index contributed by atoms with van der Waals surface area (Å²) in [6, 6.07) is 6.39. The van der Waals surface area contributed by atoms with Crippen LogP contribution < -0.4 is 14.8 Å². The van der Waals surface area contributed by atoms with E-state index >= 15 is 0 Å². The summed E-state index contributed by atoms with van der Waals surface area (Å²) in [7, 11) is 1.39. The Bertz CT molecular complexity index is 689. The Morgan fingerprint density at radius 1 is 1.28 bits per heavy atom. The van der Waals surface area contributed by atoms with Gasteiger partial charge in [-0.3, -0.25) is 4.79 Å². The Kier molecular flexibility index (Phi) is 5.86. The molecule has 7 heteroatoms. The lowest BCUT2D eigenvalue weighted by molar-refractivity contribution is -0.129. The van der Waals surface area contributed by atoms with Crippen LogP contribution in [-0.2, 0) is 4.79 Å². The maximum Gasteiger partial charge on any atom is 0.335 e. The van der Waals surface area contributed by atoms with Crippen LogP contribution in [0.4, 0.5) is 0 Å². The SMILES string of the molecule is COc1cc(C(=O)O)ccc1OC(C)C(=O)NC1(C#N)CCCCC1. The number of carbonyl (C=O) groups is 2. The minimum absolute atomic E-state index is 0.0620. The van der Waals surface area contributed by atoms with Crippen LogP contribution in [0.2, 0.25) is 0 Å². The first-order valence-electron chi connectivity index (χ1n) is 8.22. The Morgan fingerprint density at radius 3 is 2.52 bits per heavy atom. The first-order chi connectivity index (χ1) is 11.9. The number of nitriles is 1. The fourth-order valence-corrected chi connectivity index (χ4v) is 2.90. The molecule has 25 heavy (non-hydrogen) atoms. The van der Waals surface area contributed by atoms with E-state index in [1.165, 1.54) is 25.3 Å². The van der Waals surface area contributed by atoms with E-state index in [0.29, 0.717) is 12.8 Å². The quantitative estimate of drug-likeness (QED) is 0.819. The standard InChI is InChI=1S/C18H22N2O5/c1-12(16(21)20-18(11-19)8-4-3-5-9-18)25-14-7-6-13(17(22)23)10-15(14)24-2/h6-7,10,12H,3-5,8-9H2,1-2H3,(H,20,21)(H,22,23). The van der Waals surface area contributed by atoms with E-state index in [1.807, 2.05) is 0 Å². The number of benzene rings is 1. The number of rotatable bonds is 6. The molecule has 0 aliphatic heterocycles. The monoisotopic (exact) mass is 346 g/mol. The number of nitrogens with zero attached hydrogens (tertiary/aromatic N) is 1. The van der Waals surface area contributed by atoms with Gasteiger partial charge in [0.15, 0.2) is 17.6 Å². The molecule has 2 N–H and O–H groups in total. The third kappa shape index (κ3) is 4.41. The van der Waals surface area contributed by atoms with Crippen molar-refractivity contribution < 1.29 is 24.2 Å². The van der Waals surface area contributed by atoms with Gasteiger partial charge in [-0.25, -0.2) is 4.79 Å². The van der Waals surface area contributed by atoms with Gasteiger partial charge in [-0.05, 0) is 38.0 Å². The molecule has 0 aromatic heterocycles. The lowest BCUT2D eigenvalue weighted by atomic mass is 9.83. The van der Waals surface area contributed by atoms with E-state index in [9.17, 15) is 14.9 Å². The third-order valence-electron chi connectivity index (χ3n) is 4.37. The van der Waals surface area contributed by atoms with Gasteiger partial charge in [0.2, 0.25) is 0 Å². The van der Waals surface area contributed by atoms with Crippen LogP contribution in [0.15, 0.2) is 18.2 Å². The van der Waals surface area contributed by atoms with Gasteiger partial charge in [0.25, 0.3) is 5.91 Å². The second-order valence-electron chi connectivity index (χ2n) is 6.17. The average molecular weight is 346 g/mol. The molecule has 1 aromatic rings. The van der Waals surface area contributed by atoms with Crippen LogP contribution in [0.3, 0.4) is 0 Å². The maximum absolute atomic E-state index is 12.4. The second kappa shape index (κ2) is 7.88. The predicted octanol–water partition coefficient (Wildman–Crippen LogP) is 2.50. The van der Waals surface area contributed by atoms with E-state index in [0.717, 1.165) is 19.3 Å². The number of carboxylic acids is 1. The molecule has 0 spiro atoms. The molecule has 1 amide bonds.